The molecule has 4 heteroatoms. The van der Waals surface area contributed by atoms with Gasteiger partial charge in [-0.05, 0) is 37.1 Å². The lowest BCUT2D eigenvalue weighted by Gasteiger charge is -2.08. The number of Topliss-reactive ketones (excluding diaryl/α,β-unsaturated/α-hetero) is 1. The number of carbonyl (C=O) groups is 1. The minimum atomic E-state index is -0.879. The molecule has 0 unspecified atom stereocenters. The van der Waals surface area contributed by atoms with Crippen LogP contribution in [0.5, 0.6) is 5.75 Å². The predicted molar refractivity (Wildman–Crippen MR) is 76.1 cm³/mol. The summed E-state index contributed by atoms with van der Waals surface area (Å²) in [6, 6.07) is 11.2. The predicted octanol–water partition coefficient (Wildman–Crippen LogP) is 4.07. The van der Waals surface area contributed by atoms with Gasteiger partial charge in [0.15, 0.2) is 11.6 Å². The number of hydrogen-bond acceptors (Lipinski definition) is 2. The van der Waals surface area contributed by atoms with Gasteiger partial charge in [0.1, 0.15) is 18.1 Å². The second kappa shape index (κ2) is 6.97. The Labute approximate surface area is 122 Å². The molecular weight excluding hydrogens is 274 g/mol. The Hall–Kier alpha value is -2.23. The highest BCUT2D eigenvalue weighted by molar-refractivity contribution is 5.75. The lowest BCUT2D eigenvalue weighted by molar-refractivity contribution is -0.116. The Morgan fingerprint density at radius 2 is 1.81 bits per heavy atom. The summed E-state index contributed by atoms with van der Waals surface area (Å²) in [6.45, 7) is 1.53. The number of halogens is 2. The van der Waals surface area contributed by atoms with Crippen LogP contribution in [0.1, 0.15) is 24.5 Å². The molecule has 2 aromatic carbocycles. The van der Waals surface area contributed by atoms with Crippen molar-refractivity contribution in [2.75, 3.05) is 0 Å². The summed E-state index contributed by atoms with van der Waals surface area (Å²) >= 11 is 0. The number of rotatable bonds is 6. The number of ketones is 1. The van der Waals surface area contributed by atoms with Gasteiger partial charge in [-0.2, -0.15) is 0 Å². The van der Waals surface area contributed by atoms with E-state index in [1.54, 1.807) is 19.1 Å². The van der Waals surface area contributed by atoms with Gasteiger partial charge in [-0.3, -0.25) is 0 Å². The molecule has 110 valence electrons. The summed E-state index contributed by atoms with van der Waals surface area (Å²) in [6.07, 6.45) is 1.20. The second-order valence-corrected chi connectivity index (χ2v) is 4.85. The van der Waals surface area contributed by atoms with Crippen molar-refractivity contribution in [2.45, 2.75) is 26.4 Å². The Morgan fingerprint density at radius 1 is 1.10 bits per heavy atom. The number of carbonyl (C=O) groups excluding carboxylic acids is 1. The lowest BCUT2D eigenvalue weighted by atomic mass is 10.1. The van der Waals surface area contributed by atoms with E-state index in [0.717, 1.165) is 11.6 Å². The summed E-state index contributed by atoms with van der Waals surface area (Å²) in [5.41, 5.74) is 1.21. The molecule has 0 radical (unpaired) electrons. The zero-order valence-corrected chi connectivity index (χ0v) is 11.7. The minimum Gasteiger partial charge on any atom is -0.489 e. The van der Waals surface area contributed by atoms with Crippen LogP contribution in [0, 0.1) is 11.6 Å². The Balaban J connectivity index is 1.94. The van der Waals surface area contributed by atoms with Gasteiger partial charge in [0.05, 0.1) is 0 Å². The fourth-order valence-corrected chi connectivity index (χ4v) is 1.89. The Morgan fingerprint density at radius 3 is 2.48 bits per heavy atom. The number of ether oxygens (including phenoxy) is 1. The van der Waals surface area contributed by atoms with Crippen molar-refractivity contribution in [1.82, 2.24) is 0 Å². The molecule has 0 aliphatic carbocycles. The van der Waals surface area contributed by atoms with Gasteiger partial charge in [0.2, 0.25) is 0 Å². The van der Waals surface area contributed by atoms with Gasteiger partial charge in [0.25, 0.3) is 0 Å². The standard InChI is InChI=1S/C17H16F2O2/c1-12(20)5-6-13-7-9-15(10-8-13)21-11-14-3-2-4-16(18)17(14)19/h2-4,7-10H,5-6,11H2,1H3. The normalized spacial score (nSPS) is 10.4. The van der Waals surface area contributed by atoms with Gasteiger partial charge in [-0.1, -0.05) is 24.3 Å². The van der Waals surface area contributed by atoms with Crippen molar-refractivity contribution in [3.8, 4) is 5.75 Å². The van der Waals surface area contributed by atoms with Gasteiger partial charge >= 0.3 is 0 Å². The van der Waals surface area contributed by atoms with Crippen molar-refractivity contribution in [2.24, 2.45) is 0 Å². The first-order chi connectivity index (χ1) is 10.1. The third-order valence-corrected chi connectivity index (χ3v) is 3.11. The van der Waals surface area contributed by atoms with Crippen LogP contribution in [-0.2, 0) is 17.8 Å². The summed E-state index contributed by atoms with van der Waals surface area (Å²) < 4.78 is 31.9. The highest BCUT2D eigenvalue weighted by Crippen LogP contribution is 2.17. The van der Waals surface area contributed by atoms with E-state index in [1.165, 1.54) is 12.1 Å². The molecule has 0 saturated heterocycles. The molecule has 0 fully saturated rings. The van der Waals surface area contributed by atoms with Crippen LogP contribution in [0.4, 0.5) is 8.78 Å². The van der Waals surface area contributed by atoms with Crippen LogP contribution in [0.25, 0.3) is 0 Å². The van der Waals surface area contributed by atoms with E-state index in [4.69, 9.17) is 4.74 Å². The van der Waals surface area contributed by atoms with E-state index >= 15 is 0 Å². The molecule has 0 spiro atoms. The molecule has 0 N–H and O–H groups in total. The zero-order chi connectivity index (χ0) is 15.2. The minimum absolute atomic E-state index is 0.0314. The highest BCUT2D eigenvalue weighted by atomic mass is 19.2. The number of hydrogen-bond donors (Lipinski definition) is 0. The van der Waals surface area contributed by atoms with Crippen LogP contribution < -0.4 is 4.74 Å². The number of benzene rings is 2. The molecule has 0 saturated carbocycles. The van der Waals surface area contributed by atoms with E-state index in [9.17, 15) is 13.6 Å². The molecule has 21 heavy (non-hydrogen) atoms. The van der Waals surface area contributed by atoms with Gasteiger partial charge in [-0.15, -0.1) is 0 Å². The average Bonchev–Trinajstić information content (AvgIpc) is 2.48. The molecule has 2 rings (SSSR count). The Bertz CT molecular complexity index is 621. The van der Waals surface area contributed by atoms with Crippen LogP contribution in [0.3, 0.4) is 0 Å². The van der Waals surface area contributed by atoms with Crippen LogP contribution in [-0.4, -0.2) is 5.78 Å². The van der Waals surface area contributed by atoms with Crippen molar-refractivity contribution < 1.29 is 18.3 Å². The summed E-state index contributed by atoms with van der Waals surface area (Å²) in [4.78, 5) is 10.9. The summed E-state index contributed by atoms with van der Waals surface area (Å²) in [7, 11) is 0. The highest BCUT2D eigenvalue weighted by Gasteiger charge is 2.08. The van der Waals surface area contributed by atoms with Crippen molar-refractivity contribution >= 4 is 5.78 Å². The van der Waals surface area contributed by atoms with Crippen LogP contribution >= 0.6 is 0 Å². The fourth-order valence-electron chi connectivity index (χ4n) is 1.89. The first-order valence-electron chi connectivity index (χ1n) is 6.70. The van der Waals surface area contributed by atoms with Crippen molar-refractivity contribution in [1.29, 1.82) is 0 Å². The zero-order valence-electron chi connectivity index (χ0n) is 11.7. The average molecular weight is 290 g/mol. The molecule has 0 aromatic heterocycles. The molecule has 0 atom stereocenters. The fraction of sp³-hybridized carbons (Fsp3) is 0.235. The topological polar surface area (TPSA) is 26.3 Å². The molecule has 2 nitrogen and oxygen atoms in total. The molecule has 0 heterocycles. The third-order valence-electron chi connectivity index (χ3n) is 3.11. The monoisotopic (exact) mass is 290 g/mol. The maximum absolute atomic E-state index is 13.5. The van der Waals surface area contributed by atoms with Crippen molar-refractivity contribution in [3.05, 3.63) is 65.2 Å². The first kappa shape index (κ1) is 15.2. The first-order valence-corrected chi connectivity index (χ1v) is 6.70. The van der Waals surface area contributed by atoms with E-state index in [1.807, 2.05) is 12.1 Å². The maximum atomic E-state index is 13.5. The SMILES string of the molecule is CC(=O)CCc1ccc(OCc2cccc(F)c2F)cc1. The van der Waals surface area contributed by atoms with Crippen LogP contribution in [0.15, 0.2) is 42.5 Å². The van der Waals surface area contributed by atoms with E-state index in [-0.39, 0.29) is 18.0 Å². The third kappa shape index (κ3) is 4.38. The van der Waals surface area contributed by atoms with E-state index < -0.39 is 11.6 Å². The van der Waals surface area contributed by atoms with Gasteiger partial charge < -0.3 is 9.53 Å². The van der Waals surface area contributed by atoms with Crippen LogP contribution in [0.2, 0.25) is 0 Å². The summed E-state index contributed by atoms with van der Waals surface area (Å²) in [5, 5.41) is 0. The smallest absolute Gasteiger partial charge is 0.165 e. The molecule has 0 aliphatic heterocycles. The van der Waals surface area contributed by atoms with E-state index in [0.29, 0.717) is 18.6 Å². The van der Waals surface area contributed by atoms with Gasteiger partial charge in [-0.25, -0.2) is 8.78 Å². The largest absolute Gasteiger partial charge is 0.489 e. The van der Waals surface area contributed by atoms with E-state index in [2.05, 4.69) is 0 Å². The molecular formula is C17H16F2O2. The maximum Gasteiger partial charge on any atom is 0.165 e. The second-order valence-electron chi connectivity index (χ2n) is 4.85. The lowest BCUT2D eigenvalue weighted by Crippen LogP contribution is -2.00. The molecule has 2 aromatic rings. The molecule has 0 bridgehead atoms. The van der Waals surface area contributed by atoms with Crippen molar-refractivity contribution in [3.63, 3.8) is 0 Å². The molecule has 0 amide bonds. The Kier molecular flexibility index (Phi) is 5.04. The summed E-state index contributed by atoms with van der Waals surface area (Å²) in [5.74, 6) is -1.03. The van der Waals surface area contributed by atoms with Gasteiger partial charge in [0, 0.05) is 12.0 Å². The quantitative estimate of drug-likeness (QED) is 0.801. The molecule has 0 aliphatic rings. The number of aryl methyl sites for hydroxylation is 1.